The van der Waals surface area contributed by atoms with Crippen LogP contribution in [0.25, 0.3) is 0 Å². The lowest BCUT2D eigenvalue weighted by atomic mass is 10.1. The molecule has 0 saturated heterocycles. The molecule has 0 amide bonds. The summed E-state index contributed by atoms with van der Waals surface area (Å²) in [5.41, 5.74) is 8.39. The van der Waals surface area contributed by atoms with Crippen LogP contribution in [0.2, 0.25) is 0 Å². The van der Waals surface area contributed by atoms with E-state index in [1.165, 1.54) is 11.1 Å². The number of nitrogens with zero attached hydrogens (tertiary/aromatic N) is 1. The van der Waals surface area contributed by atoms with Gasteiger partial charge in [0.1, 0.15) is 0 Å². The maximum atomic E-state index is 5.70. The van der Waals surface area contributed by atoms with Gasteiger partial charge in [-0.3, -0.25) is 4.99 Å². The van der Waals surface area contributed by atoms with Crippen molar-refractivity contribution in [1.29, 1.82) is 0 Å². The van der Waals surface area contributed by atoms with Gasteiger partial charge in [-0.05, 0) is 30.9 Å². The number of benzene rings is 1. The zero-order valence-corrected chi connectivity index (χ0v) is 12.9. The number of hydrogen-bond donors (Lipinski definition) is 2. The highest BCUT2D eigenvalue weighted by molar-refractivity contribution is 14.0. The van der Waals surface area contributed by atoms with Crippen molar-refractivity contribution in [3.8, 4) is 0 Å². The maximum absolute atomic E-state index is 5.70. The zero-order chi connectivity index (χ0) is 11.8. The molecule has 1 rings (SSSR count). The molecule has 0 aliphatic rings. The molecule has 3 N–H and O–H groups in total. The monoisotopic (exact) mass is 347 g/mol. The minimum absolute atomic E-state index is 0. The summed E-state index contributed by atoms with van der Waals surface area (Å²) in [5.74, 6) is 0.551. The highest BCUT2D eigenvalue weighted by Gasteiger charge is 1.96. The first-order valence-electron chi connectivity index (χ1n) is 5.82. The topological polar surface area (TPSA) is 50.4 Å². The molecule has 0 atom stereocenters. The molecular weight excluding hydrogens is 325 g/mol. The standard InChI is InChI=1S/C13H21N3.HI/c1-3-9-15-13(14)16-10-8-12-7-5-4-6-11(12)2;/h4-7H,3,8-10H2,1-2H3,(H3,14,15,16);1H. The van der Waals surface area contributed by atoms with Crippen molar-refractivity contribution in [1.82, 2.24) is 5.32 Å². The smallest absolute Gasteiger partial charge is 0.188 e. The SMILES string of the molecule is CCCN=C(N)NCCc1ccccc1C.I. The number of nitrogens with two attached hydrogens (primary N) is 1. The summed E-state index contributed by atoms with van der Waals surface area (Å²) in [5, 5.41) is 3.12. The second-order valence-corrected chi connectivity index (χ2v) is 3.87. The summed E-state index contributed by atoms with van der Waals surface area (Å²) in [6, 6.07) is 8.40. The van der Waals surface area contributed by atoms with E-state index in [4.69, 9.17) is 5.73 Å². The number of halogens is 1. The molecule has 1 aromatic rings. The second kappa shape index (κ2) is 9.27. The predicted octanol–water partition coefficient (Wildman–Crippen LogP) is 2.47. The molecule has 0 fully saturated rings. The van der Waals surface area contributed by atoms with Crippen molar-refractivity contribution in [3.63, 3.8) is 0 Å². The van der Waals surface area contributed by atoms with Gasteiger partial charge in [-0.2, -0.15) is 0 Å². The van der Waals surface area contributed by atoms with Gasteiger partial charge in [0, 0.05) is 13.1 Å². The maximum Gasteiger partial charge on any atom is 0.188 e. The molecule has 0 heterocycles. The molecule has 96 valence electrons. The molecule has 0 saturated carbocycles. The Balaban J connectivity index is 0.00000256. The number of nitrogens with one attached hydrogen (secondary N) is 1. The van der Waals surface area contributed by atoms with E-state index in [0.717, 1.165) is 25.9 Å². The van der Waals surface area contributed by atoms with Crippen molar-refractivity contribution in [2.24, 2.45) is 10.7 Å². The fourth-order valence-electron chi connectivity index (χ4n) is 1.50. The Hall–Kier alpha value is -0.780. The van der Waals surface area contributed by atoms with E-state index in [0.29, 0.717) is 5.96 Å². The van der Waals surface area contributed by atoms with Gasteiger partial charge in [0.2, 0.25) is 0 Å². The number of hydrogen-bond acceptors (Lipinski definition) is 1. The van der Waals surface area contributed by atoms with Crippen LogP contribution in [0.3, 0.4) is 0 Å². The van der Waals surface area contributed by atoms with Gasteiger partial charge < -0.3 is 11.1 Å². The molecule has 0 aromatic heterocycles. The molecule has 4 heteroatoms. The van der Waals surface area contributed by atoms with Crippen LogP contribution in [0, 0.1) is 6.92 Å². The largest absolute Gasteiger partial charge is 0.370 e. The minimum atomic E-state index is 0. The van der Waals surface area contributed by atoms with Gasteiger partial charge in [0.05, 0.1) is 0 Å². The molecule has 0 bridgehead atoms. The molecule has 0 aliphatic carbocycles. The van der Waals surface area contributed by atoms with Crippen LogP contribution in [0.15, 0.2) is 29.3 Å². The van der Waals surface area contributed by atoms with Crippen LogP contribution < -0.4 is 11.1 Å². The fourth-order valence-corrected chi connectivity index (χ4v) is 1.50. The molecule has 1 aromatic carbocycles. The number of guanidine groups is 1. The van der Waals surface area contributed by atoms with Crippen LogP contribution in [0.1, 0.15) is 24.5 Å². The van der Waals surface area contributed by atoms with Crippen molar-refractivity contribution in [3.05, 3.63) is 35.4 Å². The van der Waals surface area contributed by atoms with Crippen molar-refractivity contribution < 1.29 is 0 Å². The van der Waals surface area contributed by atoms with Crippen molar-refractivity contribution in [2.45, 2.75) is 26.7 Å². The Labute approximate surface area is 121 Å². The molecule has 3 nitrogen and oxygen atoms in total. The summed E-state index contributed by atoms with van der Waals surface area (Å²) < 4.78 is 0. The first-order valence-corrected chi connectivity index (χ1v) is 5.82. The highest BCUT2D eigenvalue weighted by Crippen LogP contribution is 2.06. The van der Waals surface area contributed by atoms with E-state index in [9.17, 15) is 0 Å². The second-order valence-electron chi connectivity index (χ2n) is 3.87. The normalized spacial score (nSPS) is 10.8. The average Bonchev–Trinajstić information content (AvgIpc) is 2.29. The molecular formula is C13H22IN3. The van der Waals surface area contributed by atoms with Crippen molar-refractivity contribution >= 4 is 29.9 Å². The van der Waals surface area contributed by atoms with E-state index in [1.807, 2.05) is 0 Å². The van der Waals surface area contributed by atoms with E-state index < -0.39 is 0 Å². The highest BCUT2D eigenvalue weighted by atomic mass is 127. The lowest BCUT2D eigenvalue weighted by Gasteiger charge is -2.07. The van der Waals surface area contributed by atoms with Crippen molar-refractivity contribution in [2.75, 3.05) is 13.1 Å². The molecule has 0 spiro atoms. The lowest BCUT2D eigenvalue weighted by Crippen LogP contribution is -2.33. The predicted molar refractivity (Wildman–Crippen MR) is 85.1 cm³/mol. The molecule has 17 heavy (non-hydrogen) atoms. The average molecular weight is 347 g/mol. The summed E-state index contributed by atoms with van der Waals surface area (Å²) >= 11 is 0. The third-order valence-electron chi connectivity index (χ3n) is 2.47. The van der Waals surface area contributed by atoms with E-state index in [2.05, 4.69) is 48.4 Å². The molecule has 0 radical (unpaired) electrons. The fraction of sp³-hybridized carbons (Fsp3) is 0.462. The number of aliphatic imine (C=N–C) groups is 1. The van der Waals surface area contributed by atoms with Crippen LogP contribution in [-0.4, -0.2) is 19.0 Å². The Morgan fingerprint density at radius 2 is 2.06 bits per heavy atom. The molecule has 0 unspecified atom stereocenters. The third kappa shape index (κ3) is 6.51. The first kappa shape index (κ1) is 16.2. The summed E-state index contributed by atoms with van der Waals surface area (Å²) in [6.07, 6.45) is 2.01. The van der Waals surface area contributed by atoms with Gasteiger partial charge in [-0.1, -0.05) is 31.2 Å². The first-order chi connectivity index (χ1) is 7.74. The van der Waals surface area contributed by atoms with Crippen LogP contribution >= 0.6 is 24.0 Å². The minimum Gasteiger partial charge on any atom is -0.370 e. The van der Waals surface area contributed by atoms with Crippen LogP contribution in [0.4, 0.5) is 0 Å². The third-order valence-corrected chi connectivity index (χ3v) is 2.47. The van der Waals surface area contributed by atoms with Gasteiger partial charge in [0.25, 0.3) is 0 Å². The summed E-state index contributed by atoms with van der Waals surface area (Å²) in [4.78, 5) is 4.18. The Bertz CT molecular complexity index is 350. The van der Waals surface area contributed by atoms with Gasteiger partial charge in [0.15, 0.2) is 5.96 Å². The van der Waals surface area contributed by atoms with E-state index in [-0.39, 0.29) is 24.0 Å². The van der Waals surface area contributed by atoms with E-state index >= 15 is 0 Å². The lowest BCUT2D eigenvalue weighted by molar-refractivity contribution is 0.836. The van der Waals surface area contributed by atoms with Gasteiger partial charge in [-0.25, -0.2) is 0 Å². The van der Waals surface area contributed by atoms with Gasteiger partial charge >= 0.3 is 0 Å². The van der Waals surface area contributed by atoms with Crippen LogP contribution in [-0.2, 0) is 6.42 Å². The number of aryl methyl sites for hydroxylation is 1. The summed E-state index contributed by atoms with van der Waals surface area (Å²) in [7, 11) is 0. The zero-order valence-electron chi connectivity index (χ0n) is 10.6. The number of rotatable bonds is 5. The van der Waals surface area contributed by atoms with Crippen LogP contribution in [0.5, 0.6) is 0 Å². The Kier molecular flexibility index (Phi) is 8.85. The Morgan fingerprint density at radius 1 is 1.35 bits per heavy atom. The summed E-state index contributed by atoms with van der Waals surface area (Å²) in [6.45, 7) is 5.85. The quantitative estimate of drug-likeness (QED) is 0.488. The van der Waals surface area contributed by atoms with E-state index in [1.54, 1.807) is 0 Å². The van der Waals surface area contributed by atoms with Gasteiger partial charge in [-0.15, -0.1) is 24.0 Å². The Morgan fingerprint density at radius 3 is 2.71 bits per heavy atom. The molecule has 0 aliphatic heterocycles.